The molecule has 0 saturated heterocycles. The molecule has 0 atom stereocenters. The van der Waals surface area contributed by atoms with Crippen LogP contribution < -0.4 is 11.1 Å². The second-order valence-corrected chi connectivity index (χ2v) is 5.16. The van der Waals surface area contributed by atoms with Crippen LogP contribution in [0, 0.1) is 0 Å². The van der Waals surface area contributed by atoms with Crippen LogP contribution in [-0.4, -0.2) is 24.0 Å². The standard InChI is InChI=1S/C18H14N2O5/c1-24-17(22)12-5-2-11(3-6-12)4-9-16(21)19-13-7-8-15-14(10-13)20-18(23)25-15/h2-10H,1H3,(H,19,21)(H,20,23)/b9-4+. The van der Waals surface area contributed by atoms with Crippen molar-refractivity contribution in [2.24, 2.45) is 0 Å². The molecule has 1 aromatic heterocycles. The third-order valence-electron chi connectivity index (χ3n) is 3.45. The lowest BCUT2D eigenvalue weighted by atomic mass is 10.1. The fourth-order valence-electron chi connectivity index (χ4n) is 2.23. The molecule has 7 nitrogen and oxygen atoms in total. The van der Waals surface area contributed by atoms with Gasteiger partial charge in [0, 0.05) is 11.8 Å². The van der Waals surface area contributed by atoms with Gasteiger partial charge < -0.3 is 14.5 Å². The summed E-state index contributed by atoms with van der Waals surface area (Å²) in [5.74, 6) is -1.29. The Hall–Kier alpha value is -3.61. The molecule has 1 heterocycles. The van der Waals surface area contributed by atoms with E-state index in [1.807, 2.05) is 0 Å². The van der Waals surface area contributed by atoms with E-state index in [9.17, 15) is 14.4 Å². The van der Waals surface area contributed by atoms with E-state index in [2.05, 4.69) is 15.0 Å². The first-order valence-corrected chi connectivity index (χ1v) is 7.35. The number of ether oxygens (including phenoxy) is 1. The van der Waals surface area contributed by atoms with E-state index < -0.39 is 11.7 Å². The van der Waals surface area contributed by atoms with Gasteiger partial charge in [0.1, 0.15) is 0 Å². The number of anilines is 1. The molecule has 1 amide bonds. The van der Waals surface area contributed by atoms with Crippen molar-refractivity contribution in [1.29, 1.82) is 0 Å². The lowest BCUT2D eigenvalue weighted by Crippen LogP contribution is -2.07. The molecule has 3 rings (SSSR count). The minimum absolute atomic E-state index is 0.331. The average molecular weight is 338 g/mol. The number of aromatic amines is 1. The summed E-state index contributed by atoms with van der Waals surface area (Å²) in [5.41, 5.74) is 2.65. The van der Waals surface area contributed by atoms with Crippen LogP contribution in [-0.2, 0) is 9.53 Å². The number of H-pyrrole nitrogens is 1. The number of methoxy groups -OCH3 is 1. The molecule has 0 saturated carbocycles. The van der Waals surface area contributed by atoms with Crippen molar-refractivity contribution in [2.75, 3.05) is 12.4 Å². The van der Waals surface area contributed by atoms with Crippen LogP contribution in [0.25, 0.3) is 17.2 Å². The summed E-state index contributed by atoms with van der Waals surface area (Å²) >= 11 is 0. The van der Waals surface area contributed by atoms with E-state index in [1.54, 1.807) is 48.5 Å². The molecular weight excluding hydrogens is 324 g/mol. The number of fused-ring (bicyclic) bond motifs is 1. The van der Waals surface area contributed by atoms with Crippen LogP contribution in [0.2, 0.25) is 0 Å². The van der Waals surface area contributed by atoms with Crippen molar-refractivity contribution in [3.05, 3.63) is 70.2 Å². The van der Waals surface area contributed by atoms with Gasteiger partial charge in [-0.1, -0.05) is 12.1 Å². The molecule has 25 heavy (non-hydrogen) atoms. The first kappa shape index (κ1) is 16.3. The van der Waals surface area contributed by atoms with Crippen molar-refractivity contribution < 1.29 is 18.7 Å². The van der Waals surface area contributed by atoms with Gasteiger partial charge in [-0.3, -0.25) is 9.78 Å². The zero-order valence-corrected chi connectivity index (χ0v) is 13.2. The van der Waals surface area contributed by atoms with E-state index in [4.69, 9.17) is 4.42 Å². The number of hydrogen-bond acceptors (Lipinski definition) is 5. The van der Waals surface area contributed by atoms with Gasteiger partial charge in [-0.25, -0.2) is 9.59 Å². The van der Waals surface area contributed by atoms with E-state index in [-0.39, 0.29) is 5.91 Å². The van der Waals surface area contributed by atoms with Crippen molar-refractivity contribution in [2.45, 2.75) is 0 Å². The average Bonchev–Trinajstić information content (AvgIpc) is 2.99. The topological polar surface area (TPSA) is 101 Å². The van der Waals surface area contributed by atoms with E-state index in [0.717, 1.165) is 5.56 Å². The normalized spacial score (nSPS) is 10.9. The highest BCUT2D eigenvalue weighted by Crippen LogP contribution is 2.16. The predicted molar refractivity (Wildman–Crippen MR) is 92.3 cm³/mol. The molecule has 2 aromatic carbocycles. The van der Waals surface area contributed by atoms with Crippen LogP contribution in [0.4, 0.5) is 5.69 Å². The Morgan fingerprint density at radius 3 is 2.64 bits per heavy atom. The number of aromatic nitrogens is 1. The van der Waals surface area contributed by atoms with Gasteiger partial charge in [-0.05, 0) is 42.0 Å². The monoisotopic (exact) mass is 338 g/mol. The number of carbonyl (C=O) groups is 2. The fraction of sp³-hybridized carbons (Fsp3) is 0.0556. The Bertz CT molecular complexity index is 1010. The van der Waals surface area contributed by atoms with Crippen molar-refractivity contribution in [3.8, 4) is 0 Å². The van der Waals surface area contributed by atoms with E-state index in [1.165, 1.54) is 13.2 Å². The molecule has 0 aliphatic heterocycles. The Labute approximate surface area is 141 Å². The van der Waals surface area contributed by atoms with E-state index >= 15 is 0 Å². The molecular formula is C18H14N2O5. The summed E-state index contributed by atoms with van der Waals surface area (Å²) in [7, 11) is 1.32. The molecule has 0 radical (unpaired) electrons. The van der Waals surface area contributed by atoms with Crippen LogP contribution >= 0.6 is 0 Å². The maximum Gasteiger partial charge on any atom is 0.417 e. The Morgan fingerprint density at radius 1 is 1.16 bits per heavy atom. The Kier molecular flexibility index (Phi) is 4.47. The highest BCUT2D eigenvalue weighted by molar-refractivity contribution is 6.02. The second-order valence-electron chi connectivity index (χ2n) is 5.16. The number of esters is 1. The smallest absolute Gasteiger partial charge is 0.417 e. The van der Waals surface area contributed by atoms with Crippen LogP contribution in [0.3, 0.4) is 0 Å². The van der Waals surface area contributed by atoms with Crippen molar-refractivity contribution in [3.63, 3.8) is 0 Å². The van der Waals surface area contributed by atoms with Crippen molar-refractivity contribution >= 4 is 34.7 Å². The number of benzene rings is 2. The zero-order valence-electron chi connectivity index (χ0n) is 13.2. The molecule has 3 aromatic rings. The third kappa shape index (κ3) is 3.84. The SMILES string of the molecule is COC(=O)c1ccc(/C=C/C(=O)Nc2ccc3oc(=O)[nH]c3c2)cc1. The van der Waals surface area contributed by atoms with Gasteiger partial charge in [0.25, 0.3) is 0 Å². The zero-order chi connectivity index (χ0) is 17.8. The largest absolute Gasteiger partial charge is 0.465 e. The first-order valence-electron chi connectivity index (χ1n) is 7.35. The molecule has 0 unspecified atom stereocenters. The molecule has 126 valence electrons. The third-order valence-corrected chi connectivity index (χ3v) is 3.45. The number of oxazole rings is 1. The summed E-state index contributed by atoms with van der Waals surface area (Å²) < 4.78 is 9.52. The van der Waals surface area contributed by atoms with Crippen LogP contribution in [0.1, 0.15) is 15.9 Å². The van der Waals surface area contributed by atoms with Gasteiger partial charge in [0.05, 0.1) is 18.2 Å². The first-order chi connectivity index (χ1) is 12.0. The predicted octanol–water partition coefficient (Wildman–Crippen LogP) is 2.56. The van der Waals surface area contributed by atoms with Crippen molar-refractivity contribution in [1.82, 2.24) is 4.98 Å². The minimum atomic E-state index is -0.547. The maximum absolute atomic E-state index is 12.0. The summed E-state index contributed by atoms with van der Waals surface area (Å²) in [6, 6.07) is 11.5. The summed E-state index contributed by atoms with van der Waals surface area (Å²) in [6.45, 7) is 0. The van der Waals surface area contributed by atoms with E-state index in [0.29, 0.717) is 22.4 Å². The molecule has 0 spiro atoms. The lowest BCUT2D eigenvalue weighted by Gasteiger charge is -2.02. The summed E-state index contributed by atoms with van der Waals surface area (Å²) in [4.78, 5) is 37.0. The van der Waals surface area contributed by atoms with Gasteiger partial charge in [-0.2, -0.15) is 0 Å². The molecule has 0 aliphatic rings. The van der Waals surface area contributed by atoms with Gasteiger partial charge >= 0.3 is 11.7 Å². The number of rotatable bonds is 4. The van der Waals surface area contributed by atoms with Crippen LogP contribution in [0.15, 0.2) is 57.8 Å². The number of nitrogens with one attached hydrogen (secondary N) is 2. The number of carbonyl (C=O) groups excluding carboxylic acids is 2. The highest BCUT2D eigenvalue weighted by atomic mass is 16.5. The molecule has 0 bridgehead atoms. The van der Waals surface area contributed by atoms with Gasteiger partial charge in [0.2, 0.25) is 5.91 Å². The Morgan fingerprint density at radius 2 is 1.92 bits per heavy atom. The lowest BCUT2D eigenvalue weighted by molar-refractivity contribution is -0.111. The number of amides is 1. The maximum atomic E-state index is 12.0. The highest BCUT2D eigenvalue weighted by Gasteiger charge is 2.05. The number of hydrogen-bond donors (Lipinski definition) is 2. The summed E-state index contributed by atoms with van der Waals surface area (Å²) in [6.07, 6.45) is 2.99. The molecule has 0 aliphatic carbocycles. The fourth-order valence-corrected chi connectivity index (χ4v) is 2.23. The van der Waals surface area contributed by atoms with Gasteiger partial charge in [0.15, 0.2) is 5.58 Å². The molecule has 0 fully saturated rings. The Balaban J connectivity index is 1.67. The quantitative estimate of drug-likeness (QED) is 0.562. The second kappa shape index (κ2) is 6.88. The van der Waals surface area contributed by atoms with Gasteiger partial charge in [-0.15, -0.1) is 0 Å². The molecule has 7 heteroatoms. The molecule has 2 N–H and O–H groups in total. The summed E-state index contributed by atoms with van der Waals surface area (Å²) in [5, 5.41) is 2.69. The minimum Gasteiger partial charge on any atom is -0.465 e. The van der Waals surface area contributed by atoms with Crippen LogP contribution in [0.5, 0.6) is 0 Å².